The number of benzene rings is 6. The number of hydrogen-bond donors (Lipinski definition) is 2. The SMILES string of the molecule is CC(C)(C)c1ccc(C(=O)Nc2ccc(OC(=O)c3ccc(C(C)(C)C)cc3)c3c2C(=O)c2c(NC(=O)c4ccc(C(C)(C)C)cc4)ccc(OC(=O)c4ccc(C(C)(C)C)cc4)c2C3=O)cc1. The van der Waals surface area contributed by atoms with Crippen molar-refractivity contribution in [2.24, 2.45) is 0 Å². The number of rotatable bonds is 8. The van der Waals surface area contributed by atoms with E-state index < -0.39 is 35.3 Å². The number of ether oxygens (including phenoxy) is 2. The predicted octanol–water partition coefficient (Wildman–Crippen LogP) is 12.6. The number of nitrogens with one attached hydrogen (secondary N) is 2. The summed E-state index contributed by atoms with van der Waals surface area (Å²) < 4.78 is 11.9. The number of amides is 2. The summed E-state index contributed by atoms with van der Waals surface area (Å²) in [6.07, 6.45) is 0. The van der Waals surface area contributed by atoms with Gasteiger partial charge in [-0.25, -0.2) is 9.59 Å². The quantitative estimate of drug-likeness (QED) is 0.113. The van der Waals surface area contributed by atoms with Gasteiger partial charge in [0.1, 0.15) is 11.5 Å². The smallest absolute Gasteiger partial charge is 0.343 e. The van der Waals surface area contributed by atoms with Crippen molar-refractivity contribution in [2.75, 3.05) is 10.6 Å². The van der Waals surface area contributed by atoms with Gasteiger partial charge in [0.2, 0.25) is 5.78 Å². The molecule has 0 saturated carbocycles. The van der Waals surface area contributed by atoms with Crippen LogP contribution in [0, 0.1) is 0 Å². The molecule has 0 unspecified atom stereocenters. The highest BCUT2D eigenvalue weighted by Crippen LogP contribution is 2.44. The maximum absolute atomic E-state index is 15.4. The molecule has 68 heavy (non-hydrogen) atoms. The Morgan fingerprint density at radius 3 is 0.853 bits per heavy atom. The Balaban J connectivity index is 1.37. The lowest BCUT2D eigenvalue weighted by atomic mass is 9.81. The summed E-state index contributed by atoms with van der Waals surface area (Å²) in [5, 5.41) is 5.64. The van der Waals surface area contributed by atoms with Crippen molar-refractivity contribution in [3.63, 3.8) is 0 Å². The summed E-state index contributed by atoms with van der Waals surface area (Å²) in [5.41, 5.74) is 2.77. The van der Waals surface area contributed by atoms with Crippen LogP contribution in [-0.4, -0.2) is 35.3 Å². The third kappa shape index (κ3) is 10.1. The van der Waals surface area contributed by atoms with Crippen molar-refractivity contribution in [3.05, 3.63) is 188 Å². The fourth-order valence-corrected chi connectivity index (χ4v) is 7.88. The molecule has 0 fully saturated rings. The number of hydrogen-bond acceptors (Lipinski definition) is 8. The molecule has 1 aliphatic rings. The minimum atomic E-state index is -0.859. The summed E-state index contributed by atoms with van der Waals surface area (Å²) in [7, 11) is 0. The molecule has 0 bridgehead atoms. The van der Waals surface area contributed by atoms with Crippen molar-refractivity contribution in [2.45, 2.75) is 105 Å². The van der Waals surface area contributed by atoms with Crippen LogP contribution in [-0.2, 0) is 21.7 Å². The van der Waals surface area contributed by atoms with Crippen molar-refractivity contribution >= 4 is 46.7 Å². The normalized spacial score (nSPS) is 12.7. The molecule has 0 aliphatic heterocycles. The zero-order valence-electron chi connectivity index (χ0n) is 40.8. The lowest BCUT2D eigenvalue weighted by molar-refractivity contribution is 0.0725. The van der Waals surface area contributed by atoms with E-state index in [9.17, 15) is 19.2 Å². The zero-order valence-corrected chi connectivity index (χ0v) is 40.8. The number of fused-ring (bicyclic) bond motifs is 2. The minimum absolute atomic E-state index is 0.0559. The fourth-order valence-electron chi connectivity index (χ4n) is 7.88. The summed E-state index contributed by atoms with van der Waals surface area (Å²) in [6.45, 7) is 24.6. The van der Waals surface area contributed by atoms with E-state index in [0.717, 1.165) is 22.3 Å². The predicted molar refractivity (Wildman–Crippen MR) is 266 cm³/mol. The lowest BCUT2D eigenvalue weighted by Gasteiger charge is -2.26. The second kappa shape index (κ2) is 18.0. The molecule has 0 radical (unpaired) electrons. The molecule has 348 valence electrons. The number of carbonyl (C=O) groups is 6. The van der Waals surface area contributed by atoms with Crippen molar-refractivity contribution in [3.8, 4) is 11.5 Å². The van der Waals surface area contributed by atoms with Crippen LogP contribution in [0.25, 0.3) is 0 Å². The molecular weight excluding hydrogens is 853 g/mol. The largest absolute Gasteiger partial charge is 0.422 e. The summed E-state index contributed by atoms with van der Waals surface area (Å²) in [4.78, 5) is 86.4. The number of anilines is 2. The zero-order chi connectivity index (χ0) is 49.7. The molecular formula is C58H58N2O8. The van der Waals surface area contributed by atoms with Gasteiger partial charge in [0.25, 0.3) is 11.8 Å². The molecule has 1 aliphatic carbocycles. The Bertz CT molecular complexity index is 2580. The third-order valence-corrected chi connectivity index (χ3v) is 12.1. The summed E-state index contributed by atoms with van der Waals surface area (Å²) in [5.74, 6) is -4.98. The Hall–Kier alpha value is -7.46. The first-order valence-electron chi connectivity index (χ1n) is 22.6. The molecule has 6 aromatic rings. The van der Waals surface area contributed by atoms with E-state index in [1.165, 1.54) is 24.3 Å². The number of carbonyl (C=O) groups excluding carboxylic acids is 6. The molecule has 7 rings (SSSR count). The second-order valence-corrected chi connectivity index (χ2v) is 21.4. The molecule has 10 nitrogen and oxygen atoms in total. The molecule has 0 aromatic heterocycles. The van der Waals surface area contributed by atoms with Crippen LogP contribution < -0.4 is 20.1 Å². The first-order chi connectivity index (χ1) is 31.7. The van der Waals surface area contributed by atoms with E-state index in [4.69, 9.17) is 9.47 Å². The molecule has 0 spiro atoms. The number of esters is 2. The van der Waals surface area contributed by atoms with E-state index in [2.05, 4.69) is 52.2 Å². The van der Waals surface area contributed by atoms with Gasteiger partial charge in [-0.1, -0.05) is 132 Å². The maximum atomic E-state index is 15.4. The van der Waals surface area contributed by atoms with E-state index in [0.29, 0.717) is 0 Å². The van der Waals surface area contributed by atoms with Gasteiger partial charge in [-0.3, -0.25) is 19.2 Å². The van der Waals surface area contributed by atoms with Gasteiger partial charge in [0.05, 0.1) is 44.8 Å². The first kappa shape index (κ1) is 48.5. The molecule has 0 atom stereocenters. The second-order valence-electron chi connectivity index (χ2n) is 21.4. The Morgan fingerprint density at radius 2 is 0.588 bits per heavy atom. The highest BCUT2D eigenvalue weighted by molar-refractivity contribution is 6.35. The third-order valence-electron chi connectivity index (χ3n) is 12.1. The van der Waals surface area contributed by atoms with Gasteiger partial charge in [-0.15, -0.1) is 0 Å². The molecule has 10 heteroatoms. The Kier molecular flexibility index (Phi) is 12.8. The maximum Gasteiger partial charge on any atom is 0.343 e. The van der Waals surface area contributed by atoms with Crippen LogP contribution in [0.4, 0.5) is 11.4 Å². The number of ketones is 2. The Morgan fingerprint density at radius 1 is 0.338 bits per heavy atom. The highest BCUT2D eigenvalue weighted by atomic mass is 16.5. The van der Waals surface area contributed by atoms with Crippen LogP contribution in [0.1, 0.15) is 179 Å². The van der Waals surface area contributed by atoms with Crippen LogP contribution in [0.5, 0.6) is 11.5 Å². The van der Waals surface area contributed by atoms with E-state index in [1.807, 2.05) is 90.1 Å². The van der Waals surface area contributed by atoms with E-state index in [-0.39, 0.29) is 89.0 Å². The topological polar surface area (TPSA) is 145 Å². The molecule has 0 heterocycles. The summed E-state index contributed by atoms with van der Waals surface area (Å²) >= 11 is 0. The average molecular weight is 911 g/mol. The fraction of sp³-hybridized carbons (Fsp3) is 0.276. The van der Waals surface area contributed by atoms with Gasteiger partial charge >= 0.3 is 11.9 Å². The van der Waals surface area contributed by atoms with E-state index in [1.54, 1.807) is 48.5 Å². The minimum Gasteiger partial charge on any atom is -0.422 e. The average Bonchev–Trinajstić information content (AvgIpc) is 3.27. The van der Waals surface area contributed by atoms with Crippen LogP contribution >= 0.6 is 0 Å². The molecule has 2 amide bonds. The van der Waals surface area contributed by atoms with Gasteiger partial charge in [0, 0.05) is 11.1 Å². The monoisotopic (exact) mass is 910 g/mol. The van der Waals surface area contributed by atoms with Gasteiger partial charge in [0.15, 0.2) is 5.78 Å². The van der Waals surface area contributed by atoms with Crippen molar-refractivity contribution < 1.29 is 38.2 Å². The van der Waals surface area contributed by atoms with Gasteiger partial charge in [-0.05, 0) is 117 Å². The van der Waals surface area contributed by atoms with Crippen molar-refractivity contribution in [1.29, 1.82) is 0 Å². The van der Waals surface area contributed by atoms with E-state index >= 15 is 9.59 Å². The van der Waals surface area contributed by atoms with Crippen LogP contribution in [0.2, 0.25) is 0 Å². The Labute approximate surface area is 398 Å². The van der Waals surface area contributed by atoms with Crippen LogP contribution in [0.15, 0.2) is 121 Å². The first-order valence-corrected chi connectivity index (χ1v) is 22.6. The van der Waals surface area contributed by atoms with Crippen molar-refractivity contribution in [1.82, 2.24) is 0 Å². The van der Waals surface area contributed by atoms with Gasteiger partial charge < -0.3 is 20.1 Å². The lowest BCUT2D eigenvalue weighted by Crippen LogP contribution is -2.28. The molecule has 6 aromatic carbocycles. The molecule has 0 saturated heterocycles. The van der Waals surface area contributed by atoms with Crippen LogP contribution in [0.3, 0.4) is 0 Å². The highest BCUT2D eigenvalue weighted by Gasteiger charge is 2.40. The van der Waals surface area contributed by atoms with Gasteiger partial charge in [-0.2, -0.15) is 0 Å². The standard InChI is InChI=1S/C58H58N2O8/c1-55(2,3)37-21-13-33(14-22-37)51(63)59-41-29-31-43(67-53(65)35-17-25-39(26-18-35)57(7,8)9)47-45(41)49(61)46-42(60-52(64)34-15-23-38(24-16-34)56(4,5)6)30-32-44(48(46)50(47)62)68-54(66)36-19-27-40(28-20-36)58(10,11)12/h13-32H,1-12H3,(H,59,63)(H,60,64). The molecule has 2 N–H and O–H groups in total. The summed E-state index contributed by atoms with van der Waals surface area (Å²) in [6, 6.07) is 33.3.